The first kappa shape index (κ1) is 15.2. The fraction of sp³-hybridized carbons (Fsp3) is 0.0588. The molecule has 2 amide bonds. The molecule has 1 saturated heterocycles. The minimum absolute atomic E-state index is 0.241. The van der Waals surface area contributed by atoms with Crippen molar-refractivity contribution >= 4 is 34.7 Å². The summed E-state index contributed by atoms with van der Waals surface area (Å²) in [5.74, 6) is -0.926. The lowest BCUT2D eigenvalue weighted by atomic mass is 10.1. The van der Waals surface area contributed by atoms with Crippen LogP contribution in [0.3, 0.4) is 0 Å². The van der Waals surface area contributed by atoms with Gasteiger partial charge in [-0.15, -0.1) is 0 Å². The summed E-state index contributed by atoms with van der Waals surface area (Å²) < 4.78 is 0. The van der Waals surface area contributed by atoms with Crippen LogP contribution in [0.2, 0.25) is 0 Å². The van der Waals surface area contributed by atoms with E-state index in [4.69, 9.17) is 0 Å². The molecule has 23 heavy (non-hydrogen) atoms. The Labute approximate surface area is 136 Å². The van der Waals surface area contributed by atoms with Gasteiger partial charge in [0.1, 0.15) is 0 Å². The van der Waals surface area contributed by atoms with E-state index in [-0.39, 0.29) is 21.6 Å². The summed E-state index contributed by atoms with van der Waals surface area (Å²) in [5, 5.41) is 18.4. The van der Waals surface area contributed by atoms with Crippen LogP contribution in [0.1, 0.15) is 11.1 Å². The standard InChI is InChI=1S/C17H13NO4S/c1-10-3-2-4-12(7-10)18-16(21)15(23-17(18)22)9-11-5-6-13(19)14(20)8-11/h2-9,19-20H,1H3/b15-9-. The van der Waals surface area contributed by atoms with Gasteiger partial charge in [-0.05, 0) is 60.2 Å². The molecule has 1 fully saturated rings. The first-order chi connectivity index (χ1) is 11.0. The average Bonchev–Trinajstić information content (AvgIpc) is 2.77. The molecular formula is C17H13NO4S. The van der Waals surface area contributed by atoms with E-state index < -0.39 is 5.91 Å². The Balaban J connectivity index is 1.94. The van der Waals surface area contributed by atoms with E-state index in [1.54, 1.807) is 24.3 Å². The number of benzene rings is 2. The lowest BCUT2D eigenvalue weighted by Crippen LogP contribution is -2.27. The second-order valence-electron chi connectivity index (χ2n) is 5.10. The number of hydrogen-bond donors (Lipinski definition) is 2. The highest BCUT2D eigenvalue weighted by Crippen LogP contribution is 2.36. The summed E-state index contributed by atoms with van der Waals surface area (Å²) >= 11 is 0.842. The van der Waals surface area contributed by atoms with Crippen LogP contribution in [0.25, 0.3) is 6.08 Å². The maximum atomic E-state index is 12.5. The molecule has 2 aromatic rings. The molecule has 0 bridgehead atoms. The Hall–Kier alpha value is -2.73. The zero-order chi connectivity index (χ0) is 16.6. The molecule has 0 saturated carbocycles. The second-order valence-corrected chi connectivity index (χ2v) is 6.10. The topological polar surface area (TPSA) is 77.8 Å². The summed E-state index contributed by atoms with van der Waals surface area (Å²) in [6, 6.07) is 11.4. The van der Waals surface area contributed by atoms with E-state index in [0.29, 0.717) is 11.3 Å². The lowest BCUT2D eigenvalue weighted by molar-refractivity contribution is -0.113. The molecule has 0 spiro atoms. The first-order valence-electron chi connectivity index (χ1n) is 6.82. The highest BCUT2D eigenvalue weighted by atomic mass is 32.2. The maximum absolute atomic E-state index is 12.5. The van der Waals surface area contributed by atoms with Crippen molar-refractivity contribution in [1.29, 1.82) is 0 Å². The van der Waals surface area contributed by atoms with Gasteiger partial charge in [-0.3, -0.25) is 9.59 Å². The van der Waals surface area contributed by atoms with Gasteiger partial charge in [0.05, 0.1) is 10.6 Å². The van der Waals surface area contributed by atoms with Crippen LogP contribution >= 0.6 is 11.8 Å². The van der Waals surface area contributed by atoms with Crippen LogP contribution in [0, 0.1) is 6.92 Å². The maximum Gasteiger partial charge on any atom is 0.298 e. The summed E-state index contributed by atoms with van der Waals surface area (Å²) in [6.45, 7) is 1.89. The Morgan fingerprint density at radius 3 is 2.52 bits per heavy atom. The van der Waals surface area contributed by atoms with E-state index in [1.165, 1.54) is 18.2 Å². The van der Waals surface area contributed by atoms with Crippen LogP contribution in [0.5, 0.6) is 11.5 Å². The molecule has 0 atom stereocenters. The van der Waals surface area contributed by atoms with Crippen molar-refractivity contribution in [3.05, 3.63) is 58.5 Å². The van der Waals surface area contributed by atoms with Gasteiger partial charge in [0.15, 0.2) is 11.5 Å². The van der Waals surface area contributed by atoms with Crippen molar-refractivity contribution in [2.24, 2.45) is 0 Å². The predicted octanol–water partition coefficient (Wildman–Crippen LogP) is 3.65. The van der Waals surface area contributed by atoms with Crippen molar-refractivity contribution in [3.63, 3.8) is 0 Å². The molecule has 116 valence electrons. The molecule has 1 heterocycles. The number of carbonyl (C=O) groups excluding carboxylic acids is 2. The van der Waals surface area contributed by atoms with Crippen LogP contribution in [0.4, 0.5) is 10.5 Å². The van der Waals surface area contributed by atoms with Crippen LogP contribution in [0.15, 0.2) is 47.4 Å². The number of nitrogens with zero attached hydrogens (tertiary/aromatic N) is 1. The molecule has 0 radical (unpaired) electrons. The van der Waals surface area contributed by atoms with Gasteiger partial charge in [-0.25, -0.2) is 4.90 Å². The van der Waals surface area contributed by atoms with Crippen molar-refractivity contribution < 1.29 is 19.8 Å². The SMILES string of the molecule is Cc1cccc(N2C(=O)S/C(=C\c3ccc(O)c(O)c3)C2=O)c1. The normalized spacial score (nSPS) is 16.4. The third kappa shape index (κ3) is 2.93. The Bertz CT molecular complexity index is 844. The number of aromatic hydroxyl groups is 2. The monoisotopic (exact) mass is 327 g/mol. The molecule has 5 nitrogen and oxygen atoms in total. The molecule has 2 N–H and O–H groups in total. The fourth-order valence-corrected chi connectivity index (χ4v) is 3.08. The summed E-state index contributed by atoms with van der Waals surface area (Å²) in [6.07, 6.45) is 1.51. The molecule has 3 rings (SSSR count). The molecule has 0 aromatic heterocycles. The number of phenolic OH excluding ortho intramolecular Hbond substituents is 2. The van der Waals surface area contributed by atoms with Gasteiger partial charge in [0, 0.05) is 0 Å². The van der Waals surface area contributed by atoms with Crippen LogP contribution in [-0.4, -0.2) is 21.4 Å². The number of phenols is 2. The van der Waals surface area contributed by atoms with Gasteiger partial charge in [0.25, 0.3) is 11.1 Å². The van der Waals surface area contributed by atoms with E-state index in [2.05, 4.69) is 0 Å². The van der Waals surface area contributed by atoms with Gasteiger partial charge in [0.2, 0.25) is 0 Å². The molecule has 1 aliphatic rings. The highest BCUT2D eigenvalue weighted by molar-refractivity contribution is 8.19. The van der Waals surface area contributed by atoms with Gasteiger partial charge in [-0.2, -0.15) is 0 Å². The lowest BCUT2D eigenvalue weighted by Gasteiger charge is -2.12. The number of anilines is 1. The highest BCUT2D eigenvalue weighted by Gasteiger charge is 2.36. The van der Waals surface area contributed by atoms with Crippen molar-refractivity contribution in [3.8, 4) is 11.5 Å². The molecule has 0 aliphatic carbocycles. The quantitative estimate of drug-likeness (QED) is 0.650. The number of hydrogen-bond acceptors (Lipinski definition) is 5. The van der Waals surface area contributed by atoms with Crippen molar-refractivity contribution in [2.45, 2.75) is 6.92 Å². The number of rotatable bonds is 2. The second kappa shape index (κ2) is 5.81. The van der Waals surface area contributed by atoms with Gasteiger partial charge >= 0.3 is 0 Å². The summed E-state index contributed by atoms with van der Waals surface area (Å²) in [5.41, 5.74) is 2.01. The minimum Gasteiger partial charge on any atom is -0.504 e. The predicted molar refractivity (Wildman–Crippen MR) is 89.4 cm³/mol. The Morgan fingerprint density at radius 2 is 1.83 bits per heavy atom. The molecular weight excluding hydrogens is 314 g/mol. The van der Waals surface area contributed by atoms with Gasteiger partial charge in [-0.1, -0.05) is 18.2 Å². The molecule has 0 unspecified atom stereocenters. The largest absolute Gasteiger partial charge is 0.504 e. The first-order valence-corrected chi connectivity index (χ1v) is 7.64. The van der Waals surface area contributed by atoms with E-state index >= 15 is 0 Å². The summed E-state index contributed by atoms with van der Waals surface area (Å²) in [4.78, 5) is 26.0. The zero-order valence-electron chi connectivity index (χ0n) is 12.2. The van der Waals surface area contributed by atoms with E-state index in [1.807, 2.05) is 13.0 Å². The number of thioether (sulfide) groups is 1. The summed E-state index contributed by atoms with van der Waals surface area (Å²) in [7, 11) is 0. The van der Waals surface area contributed by atoms with E-state index in [0.717, 1.165) is 22.2 Å². The number of carbonyl (C=O) groups is 2. The fourth-order valence-electron chi connectivity index (χ4n) is 2.24. The zero-order valence-corrected chi connectivity index (χ0v) is 13.0. The number of aryl methyl sites for hydroxylation is 1. The van der Waals surface area contributed by atoms with E-state index in [9.17, 15) is 19.8 Å². The van der Waals surface area contributed by atoms with Crippen LogP contribution < -0.4 is 4.90 Å². The van der Waals surface area contributed by atoms with Crippen molar-refractivity contribution in [2.75, 3.05) is 4.90 Å². The number of imide groups is 1. The van der Waals surface area contributed by atoms with Crippen molar-refractivity contribution in [1.82, 2.24) is 0 Å². The smallest absolute Gasteiger partial charge is 0.298 e. The van der Waals surface area contributed by atoms with Crippen LogP contribution in [-0.2, 0) is 4.79 Å². The third-order valence-corrected chi connectivity index (χ3v) is 4.22. The third-order valence-electron chi connectivity index (χ3n) is 3.35. The molecule has 6 heteroatoms. The Kier molecular flexibility index (Phi) is 3.83. The van der Waals surface area contributed by atoms with Gasteiger partial charge < -0.3 is 10.2 Å². The Morgan fingerprint density at radius 1 is 1.04 bits per heavy atom. The minimum atomic E-state index is -0.404. The number of amides is 2. The molecule has 2 aromatic carbocycles. The average molecular weight is 327 g/mol. The molecule has 1 aliphatic heterocycles.